The van der Waals surface area contributed by atoms with E-state index in [1.807, 2.05) is 0 Å². The van der Waals surface area contributed by atoms with Crippen LogP contribution in [0.25, 0.3) is 10.9 Å². The van der Waals surface area contributed by atoms with Crippen LogP contribution in [0, 0.1) is 0 Å². The number of anilines is 1. The van der Waals surface area contributed by atoms with Crippen LogP contribution in [0.1, 0.15) is 19.4 Å². The second-order valence-corrected chi connectivity index (χ2v) is 8.80. The van der Waals surface area contributed by atoms with E-state index in [9.17, 15) is 21.6 Å². The van der Waals surface area contributed by atoms with Gasteiger partial charge in [-0.25, -0.2) is 8.42 Å². The number of benzene rings is 1. The van der Waals surface area contributed by atoms with E-state index in [-0.39, 0.29) is 13.1 Å². The monoisotopic (exact) mass is 376 g/mol. The molecule has 0 atom stereocenters. The van der Waals surface area contributed by atoms with Gasteiger partial charge >= 0.3 is 6.18 Å². The van der Waals surface area contributed by atoms with Crippen molar-refractivity contribution in [2.45, 2.75) is 25.6 Å². The molecule has 138 valence electrons. The van der Waals surface area contributed by atoms with Crippen molar-refractivity contribution in [3.63, 3.8) is 0 Å². The highest BCUT2D eigenvalue weighted by Crippen LogP contribution is 2.38. The predicted octanol–water partition coefficient (Wildman–Crippen LogP) is 2.44. The maximum absolute atomic E-state index is 13.2. The lowest BCUT2D eigenvalue weighted by atomic mass is 10.00. The number of H-pyrrole nitrogens is 1. The normalized spacial score (nSPS) is 19.5. The molecule has 3 rings (SSSR count). The second kappa shape index (κ2) is 5.60. The topological polar surface area (TPSA) is 69.3 Å². The Bertz CT molecular complexity index is 905. The van der Waals surface area contributed by atoms with Gasteiger partial charge in [-0.05, 0) is 26.0 Å². The molecular formula is C15H19F3N4O2S. The summed E-state index contributed by atoms with van der Waals surface area (Å²) in [5.74, 6) is 0. The lowest BCUT2D eigenvalue weighted by Gasteiger charge is -2.46. The lowest BCUT2D eigenvalue weighted by molar-refractivity contribution is -0.137. The van der Waals surface area contributed by atoms with Gasteiger partial charge in [0.2, 0.25) is 10.0 Å². The highest BCUT2D eigenvalue weighted by atomic mass is 32.2. The summed E-state index contributed by atoms with van der Waals surface area (Å²) in [6, 6.07) is 2.13. The molecule has 1 saturated heterocycles. The number of sulfonamides is 1. The van der Waals surface area contributed by atoms with Crippen LogP contribution in [0.5, 0.6) is 0 Å². The van der Waals surface area contributed by atoms with Crippen molar-refractivity contribution in [1.82, 2.24) is 14.5 Å². The number of aromatic nitrogens is 2. The third-order valence-electron chi connectivity index (χ3n) is 4.43. The summed E-state index contributed by atoms with van der Waals surface area (Å²) in [7, 11) is -3.39. The molecule has 25 heavy (non-hydrogen) atoms. The minimum Gasteiger partial charge on any atom is -0.368 e. The van der Waals surface area contributed by atoms with Gasteiger partial charge in [0, 0.05) is 36.2 Å². The molecule has 0 radical (unpaired) electrons. The van der Waals surface area contributed by atoms with Crippen LogP contribution in [0.4, 0.5) is 18.9 Å². The Balaban J connectivity index is 2.04. The molecule has 2 heterocycles. The van der Waals surface area contributed by atoms with E-state index >= 15 is 0 Å². The average Bonchev–Trinajstić information content (AvgIpc) is 2.90. The molecule has 0 saturated carbocycles. The second-order valence-electron chi connectivity index (χ2n) is 6.89. The first kappa shape index (κ1) is 18.0. The standard InChI is InChI=1S/C15H19F3N4O2S/c1-14(2)9-21(4-5-22(14)25(3,23)24)13-7-10(15(16,17)18)6-12-11(13)8-19-20-12/h6-8H,4-5,9H2,1-3H3,(H,19,20). The van der Waals surface area contributed by atoms with Crippen molar-refractivity contribution >= 4 is 26.6 Å². The van der Waals surface area contributed by atoms with Crippen molar-refractivity contribution in [2.24, 2.45) is 0 Å². The number of aromatic amines is 1. The summed E-state index contributed by atoms with van der Waals surface area (Å²) in [5, 5.41) is 7.01. The Labute approximate surface area is 143 Å². The predicted molar refractivity (Wildman–Crippen MR) is 88.9 cm³/mol. The molecule has 1 N–H and O–H groups in total. The minimum atomic E-state index is -4.47. The molecule has 1 aliphatic rings. The van der Waals surface area contributed by atoms with Crippen LogP contribution >= 0.6 is 0 Å². The van der Waals surface area contributed by atoms with E-state index in [0.717, 1.165) is 18.4 Å². The zero-order valence-corrected chi connectivity index (χ0v) is 14.9. The van der Waals surface area contributed by atoms with Crippen molar-refractivity contribution in [1.29, 1.82) is 0 Å². The third kappa shape index (κ3) is 3.32. The van der Waals surface area contributed by atoms with Crippen LogP contribution in [0.15, 0.2) is 18.3 Å². The molecule has 0 amide bonds. The van der Waals surface area contributed by atoms with Crippen LogP contribution in [0.2, 0.25) is 0 Å². The maximum atomic E-state index is 13.2. The van der Waals surface area contributed by atoms with Gasteiger partial charge in [-0.3, -0.25) is 5.10 Å². The number of hydrogen-bond acceptors (Lipinski definition) is 4. The molecule has 2 aromatic rings. The smallest absolute Gasteiger partial charge is 0.368 e. The first-order chi connectivity index (χ1) is 11.4. The Hall–Kier alpha value is -1.81. The molecule has 1 aromatic carbocycles. The first-order valence-electron chi connectivity index (χ1n) is 7.67. The Kier molecular flexibility index (Phi) is 4.03. The minimum absolute atomic E-state index is 0.210. The molecule has 10 heteroatoms. The summed E-state index contributed by atoms with van der Waals surface area (Å²) in [6.07, 6.45) is -1.85. The molecule has 0 unspecified atom stereocenters. The van der Waals surface area contributed by atoms with Gasteiger partial charge in [-0.2, -0.15) is 22.6 Å². The third-order valence-corrected chi connectivity index (χ3v) is 5.91. The van der Waals surface area contributed by atoms with Gasteiger partial charge in [0.1, 0.15) is 0 Å². The van der Waals surface area contributed by atoms with Gasteiger partial charge < -0.3 is 4.90 Å². The Morgan fingerprint density at radius 1 is 1.24 bits per heavy atom. The number of rotatable bonds is 2. The maximum Gasteiger partial charge on any atom is 0.416 e. The average molecular weight is 376 g/mol. The molecule has 1 fully saturated rings. The van der Waals surface area contributed by atoms with E-state index in [1.54, 1.807) is 18.7 Å². The van der Waals surface area contributed by atoms with E-state index in [0.29, 0.717) is 23.1 Å². The van der Waals surface area contributed by atoms with Crippen molar-refractivity contribution in [3.8, 4) is 0 Å². The number of alkyl halides is 3. The summed E-state index contributed by atoms with van der Waals surface area (Å²) in [4.78, 5) is 1.79. The summed E-state index contributed by atoms with van der Waals surface area (Å²) in [6.45, 7) is 4.32. The SMILES string of the molecule is CC1(C)CN(c2cc(C(F)(F)F)cc3[nH]ncc23)CCN1S(C)(=O)=O. The van der Waals surface area contributed by atoms with Crippen LogP contribution < -0.4 is 4.90 Å². The Morgan fingerprint density at radius 3 is 2.48 bits per heavy atom. The zero-order valence-electron chi connectivity index (χ0n) is 14.1. The van der Waals surface area contributed by atoms with Gasteiger partial charge in [-0.15, -0.1) is 0 Å². The summed E-state index contributed by atoms with van der Waals surface area (Å²) < 4.78 is 64.9. The highest BCUT2D eigenvalue weighted by Gasteiger charge is 2.40. The fourth-order valence-corrected chi connectivity index (χ4v) is 4.79. The fraction of sp³-hybridized carbons (Fsp3) is 0.533. The fourth-order valence-electron chi connectivity index (χ4n) is 3.42. The summed E-state index contributed by atoms with van der Waals surface area (Å²) in [5.41, 5.74) is -0.800. The first-order valence-corrected chi connectivity index (χ1v) is 9.51. The number of halogens is 3. The number of nitrogens with one attached hydrogen (secondary N) is 1. The largest absolute Gasteiger partial charge is 0.416 e. The Morgan fingerprint density at radius 2 is 1.92 bits per heavy atom. The molecule has 1 aliphatic heterocycles. The molecule has 0 spiro atoms. The molecule has 0 bridgehead atoms. The van der Waals surface area contributed by atoms with Crippen LogP contribution in [0.3, 0.4) is 0 Å². The van der Waals surface area contributed by atoms with Crippen LogP contribution in [-0.2, 0) is 16.2 Å². The number of fused-ring (bicyclic) bond motifs is 1. The lowest BCUT2D eigenvalue weighted by Crippen LogP contribution is -2.60. The molecular weight excluding hydrogens is 357 g/mol. The number of nitrogens with zero attached hydrogens (tertiary/aromatic N) is 3. The zero-order chi connectivity index (χ0) is 18.6. The molecule has 1 aromatic heterocycles. The molecule has 0 aliphatic carbocycles. The van der Waals surface area contributed by atoms with E-state index in [4.69, 9.17) is 0 Å². The molecule has 6 nitrogen and oxygen atoms in total. The van der Waals surface area contributed by atoms with E-state index in [1.165, 1.54) is 10.5 Å². The van der Waals surface area contributed by atoms with Gasteiger partial charge in [0.15, 0.2) is 0 Å². The quantitative estimate of drug-likeness (QED) is 0.874. The highest BCUT2D eigenvalue weighted by molar-refractivity contribution is 7.88. The van der Waals surface area contributed by atoms with Crippen molar-refractivity contribution in [3.05, 3.63) is 23.9 Å². The van der Waals surface area contributed by atoms with Gasteiger partial charge in [0.05, 0.1) is 23.5 Å². The number of piperazine rings is 1. The van der Waals surface area contributed by atoms with E-state index in [2.05, 4.69) is 10.2 Å². The van der Waals surface area contributed by atoms with Crippen LogP contribution in [-0.4, -0.2) is 54.3 Å². The summed E-state index contributed by atoms with van der Waals surface area (Å²) >= 11 is 0. The van der Waals surface area contributed by atoms with Gasteiger partial charge in [-0.1, -0.05) is 0 Å². The van der Waals surface area contributed by atoms with Crippen molar-refractivity contribution in [2.75, 3.05) is 30.8 Å². The van der Waals surface area contributed by atoms with E-state index < -0.39 is 27.3 Å². The van der Waals surface area contributed by atoms with Gasteiger partial charge in [0.25, 0.3) is 0 Å². The van der Waals surface area contributed by atoms with Crippen molar-refractivity contribution < 1.29 is 21.6 Å². The number of hydrogen-bond donors (Lipinski definition) is 1.